The Bertz CT molecular complexity index is 313. The number of aryl methyl sites for hydroxylation is 1. The van der Waals surface area contributed by atoms with Crippen LogP contribution in [-0.4, -0.2) is 5.11 Å². The summed E-state index contributed by atoms with van der Waals surface area (Å²) in [6, 6.07) is 6.11. The fraction of sp³-hybridized carbons (Fsp3) is 0.538. The Morgan fingerprint density at radius 1 is 1.36 bits per heavy atom. The predicted octanol–water partition coefficient (Wildman–Crippen LogP) is 3.61. The van der Waals surface area contributed by atoms with Crippen LogP contribution < -0.4 is 0 Å². The molecule has 14 heavy (non-hydrogen) atoms. The van der Waals surface area contributed by atoms with Crippen molar-refractivity contribution in [3.63, 3.8) is 0 Å². The number of aromatic hydroxyl groups is 1. The fourth-order valence-corrected chi connectivity index (χ4v) is 1.86. The Morgan fingerprint density at radius 2 is 2.14 bits per heavy atom. The van der Waals surface area contributed by atoms with Crippen LogP contribution in [0.2, 0.25) is 0 Å². The molecule has 1 N–H and O–H groups in total. The van der Waals surface area contributed by atoms with E-state index in [2.05, 4.69) is 19.1 Å². The molecule has 0 heterocycles. The maximum atomic E-state index is 9.67. The van der Waals surface area contributed by atoms with Gasteiger partial charge in [-0.15, -0.1) is 0 Å². The van der Waals surface area contributed by atoms with E-state index in [1.165, 1.54) is 36.8 Å². The van der Waals surface area contributed by atoms with Crippen molar-refractivity contribution in [3.05, 3.63) is 29.3 Å². The lowest BCUT2D eigenvalue weighted by molar-refractivity contribution is 0.468. The van der Waals surface area contributed by atoms with Crippen LogP contribution in [0.4, 0.5) is 0 Å². The second-order valence-corrected chi connectivity index (χ2v) is 4.27. The van der Waals surface area contributed by atoms with E-state index in [0.29, 0.717) is 11.7 Å². The molecule has 0 unspecified atom stereocenters. The molecular weight excluding hydrogens is 172 g/mol. The lowest BCUT2D eigenvalue weighted by Crippen LogP contribution is -1.88. The maximum Gasteiger partial charge on any atom is 0.119 e. The predicted molar refractivity (Wildman–Crippen MR) is 58.7 cm³/mol. The van der Waals surface area contributed by atoms with Gasteiger partial charge in [0.05, 0.1) is 0 Å². The molecule has 0 aliphatic heterocycles. The first kappa shape index (κ1) is 9.57. The Balaban J connectivity index is 2.13. The van der Waals surface area contributed by atoms with Gasteiger partial charge in [-0.2, -0.15) is 0 Å². The summed E-state index contributed by atoms with van der Waals surface area (Å²) in [6.45, 7) is 2.21. The van der Waals surface area contributed by atoms with Gasteiger partial charge in [-0.25, -0.2) is 0 Å². The highest BCUT2D eigenvalue weighted by atomic mass is 16.3. The molecule has 1 aliphatic rings. The summed E-state index contributed by atoms with van der Waals surface area (Å²) in [5, 5.41) is 9.67. The van der Waals surface area contributed by atoms with Gasteiger partial charge in [-0.3, -0.25) is 0 Å². The third kappa shape index (κ3) is 2.09. The molecule has 1 aromatic carbocycles. The molecule has 1 aliphatic carbocycles. The molecule has 0 aromatic heterocycles. The van der Waals surface area contributed by atoms with Gasteiger partial charge in [0.1, 0.15) is 5.75 Å². The maximum absolute atomic E-state index is 9.67. The molecule has 2 rings (SSSR count). The van der Waals surface area contributed by atoms with Crippen molar-refractivity contribution in [1.29, 1.82) is 0 Å². The van der Waals surface area contributed by atoms with E-state index < -0.39 is 0 Å². The molecule has 0 spiro atoms. The molecule has 1 heteroatoms. The summed E-state index contributed by atoms with van der Waals surface area (Å²) in [4.78, 5) is 0. The lowest BCUT2D eigenvalue weighted by Gasteiger charge is -2.06. The topological polar surface area (TPSA) is 20.2 Å². The number of benzene rings is 1. The minimum Gasteiger partial charge on any atom is -0.508 e. The van der Waals surface area contributed by atoms with E-state index in [9.17, 15) is 5.11 Å². The minimum atomic E-state index is 0.493. The van der Waals surface area contributed by atoms with Gasteiger partial charge in [0.15, 0.2) is 0 Å². The molecule has 1 fully saturated rings. The molecule has 1 saturated carbocycles. The molecule has 1 aromatic rings. The normalized spacial score (nSPS) is 15.8. The van der Waals surface area contributed by atoms with E-state index in [4.69, 9.17) is 0 Å². The molecule has 0 atom stereocenters. The van der Waals surface area contributed by atoms with Crippen molar-refractivity contribution in [2.24, 2.45) is 0 Å². The van der Waals surface area contributed by atoms with E-state index in [1.807, 2.05) is 6.07 Å². The molecular formula is C13H18O. The van der Waals surface area contributed by atoms with Crippen LogP contribution in [0.25, 0.3) is 0 Å². The Morgan fingerprint density at radius 3 is 2.79 bits per heavy atom. The zero-order chi connectivity index (χ0) is 9.97. The fourth-order valence-electron chi connectivity index (χ4n) is 1.86. The average Bonchev–Trinajstić information content (AvgIpc) is 3.00. The Kier molecular flexibility index (Phi) is 2.76. The molecule has 0 saturated heterocycles. The van der Waals surface area contributed by atoms with Crippen molar-refractivity contribution in [2.75, 3.05) is 0 Å². The van der Waals surface area contributed by atoms with Crippen molar-refractivity contribution < 1.29 is 5.11 Å². The van der Waals surface area contributed by atoms with Gasteiger partial charge in [0, 0.05) is 0 Å². The second-order valence-electron chi connectivity index (χ2n) is 4.27. The van der Waals surface area contributed by atoms with Gasteiger partial charge in [-0.05, 0) is 48.8 Å². The van der Waals surface area contributed by atoms with E-state index in [0.717, 1.165) is 6.42 Å². The highest BCUT2D eigenvalue weighted by Crippen LogP contribution is 2.44. The first-order valence-electron chi connectivity index (χ1n) is 5.63. The average molecular weight is 190 g/mol. The highest BCUT2D eigenvalue weighted by Gasteiger charge is 2.26. The quantitative estimate of drug-likeness (QED) is 0.769. The van der Waals surface area contributed by atoms with Gasteiger partial charge in [-0.1, -0.05) is 25.5 Å². The van der Waals surface area contributed by atoms with E-state index in [1.54, 1.807) is 0 Å². The van der Waals surface area contributed by atoms with Crippen molar-refractivity contribution in [2.45, 2.75) is 44.9 Å². The zero-order valence-electron chi connectivity index (χ0n) is 8.79. The number of hydrogen-bond acceptors (Lipinski definition) is 1. The largest absolute Gasteiger partial charge is 0.508 e. The second kappa shape index (κ2) is 4.04. The van der Waals surface area contributed by atoms with Crippen LogP contribution in [0.3, 0.4) is 0 Å². The summed E-state index contributed by atoms with van der Waals surface area (Å²) < 4.78 is 0. The van der Waals surface area contributed by atoms with Crippen LogP contribution in [0.15, 0.2) is 18.2 Å². The van der Waals surface area contributed by atoms with Crippen molar-refractivity contribution in [3.8, 4) is 5.75 Å². The van der Waals surface area contributed by atoms with Gasteiger partial charge >= 0.3 is 0 Å². The molecule has 0 bridgehead atoms. The van der Waals surface area contributed by atoms with Crippen LogP contribution >= 0.6 is 0 Å². The third-order valence-corrected chi connectivity index (χ3v) is 2.93. The Hall–Kier alpha value is -0.980. The zero-order valence-corrected chi connectivity index (χ0v) is 8.79. The molecule has 0 amide bonds. The SMILES string of the molecule is CCCCc1ccc(O)c(C2CC2)c1. The summed E-state index contributed by atoms with van der Waals surface area (Å²) in [7, 11) is 0. The summed E-state index contributed by atoms with van der Waals surface area (Å²) in [6.07, 6.45) is 6.14. The molecule has 0 radical (unpaired) electrons. The smallest absolute Gasteiger partial charge is 0.119 e. The van der Waals surface area contributed by atoms with Crippen LogP contribution in [0.5, 0.6) is 5.75 Å². The van der Waals surface area contributed by atoms with Crippen molar-refractivity contribution >= 4 is 0 Å². The monoisotopic (exact) mass is 190 g/mol. The van der Waals surface area contributed by atoms with Gasteiger partial charge < -0.3 is 5.11 Å². The summed E-state index contributed by atoms with van der Waals surface area (Å²) in [5.41, 5.74) is 2.56. The standard InChI is InChI=1S/C13H18O/c1-2-3-4-10-5-8-13(14)12(9-10)11-6-7-11/h5,8-9,11,14H,2-4,6-7H2,1H3. The van der Waals surface area contributed by atoms with Crippen LogP contribution in [0, 0.1) is 0 Å². The summed E-state index contributed by atoms with van der Waals surface area (Å²) in [5.74, 6) is 1.14. The molecule has 76 valence electrons. The number of unbranched alkanes of at least 4 members (excludes halogenated alkanes) is 1. The minimum absolute atomic E-state index is 0.493. The number of rotatable bonds is 4. The van der Waals surface area contributed by atoms with Gasteiger partial charge in [0.25, 0.3) is 0 Å². The highest BCUT2D eigenvalue weighted by molar-refractivity contribution is 5.40. The van der Waals surface area contributed by atoms with Crippen LogP contribution in [-0.2, 0) is 6.42 Å². The first-order chi connectivity index (χ1) is 6.81. The Labute approximate surface area is 85.8 Å². The number of phenols is 1. The first-order valence-corrected chi connectivity index (χ1v) is 5.63. The van der Waals surface area contributed by atoms with Crippen molar-refractivity contribution in [1.82, 2.24) is 0 Å². The summed E-state index contributed by atoms with van der Waals surface area (Å²) >= 11 is 0. The number of hydrogen-bond donors (Lipinski definition) is 1. The van der Waals surface area contributed by atoms with Crippen LogP contribution in [0.1, 0.15) is 49.7 Å². The van der Waals surface area contributed by atoms with E-state index in [-0.39, 0.29) is 0 Å². The third-order valence-electron chi connectivity index (χ3n) is 2.93. The molecule has 1 nitrogen and oxygen atoms in total. The lowest BCUT2D eigenvalue weighted by atomic mass is 10.0. The van der Waals surface area contributed by atoms with E-state index >= 15 is 0 Å². The number of phenolic OH excluding ortho intramolecular Hbond substituents is 1. The van der Waals surface area contributed by atoms with Gasteiger partial charge in [0.2, 0.25) is 0 Å².